The van der Waals surface area contributed by atoms with Crippen LogP contribution in [-0.4, -0.2) is 29.8 Å². The van der Waals surface area contributed by atoms with Crippen LogP contribution in [0.1, 0.15) is 21.7 Å². The lowest BCUT2D eigenvalue weighted by atomic mass is 10.1. The summed E-state index contributed by atoms with van der Waals surface area (Å²) < 4.78 is 1.80. The van der Waals surface area contributed by atoms with Gasteiger partial charge in [-0.25, -0.2) is 4.68 Å². The number of nitrogens with one attached hydrogen (secondary N) is 1. The monoisotopic (exact) mass is 334 g/mol. The molecular formula is C20H22N4O. The Labute approximate surface area is 147 Å². The highest BCUT2D eigenvalue weighted by Crippen LogP contribution is 2.21. The predicted molar refractivity (Wildman–Crippen MR) is 102 cm³/mol. The largest absolute Gasteiger partial charge is 0.378 e. The molecule has 1 heterocycles. The van der Waals surface area contributed by atoms with E-state index < -0.39 is 0 Å². The zero-order chi connectivity index (χ0) is 18.0. The summed E-state index contributed by atoms with van der Waals surface area (Å²) in [5.41, 5.74) is 4.94. The molecule has 0 aliphatic carbocycles. The number of para-hydroxylation sites is 1. The van der Waals surface area contributed by atoms with Gasteiger partial charge in [-0.1, -0.05) is 18.2 Å². The molecule has 1 aromatic heterocycles. The molecule has 1 N–H and O–H groups in total. The van der Waals surface area contributed by atoms with Crippen molar-refractivity contribution in [3.8, 4) is 5.69 Å². The average Bonchev–Trinajstić information content (AvgIpc) is 2.90. The van der Waals surface area contributed by atoms with Gasteiger partial charge in [0.1, 0.15) is 0 Å². The van der Waals surface area contributed by atoms with Gasteiger partial charge in [0.05, 0.1) is 22.6 Å². The van der Waals surface area contributed by atoms with Crippen molar-refractivity contribution in [3.05, 3.63) is 71.5 Å². The molecule has 0 saturated carbocycles. The van der Waals surface area contributed by atoms with E-state index in [-0.39, 0.29) is 5.91 Å². The summed E-state index contributed by atoms with van der Waals surface area (Å²) in [6.45, 7) is 3.77. The van der Waals surface area contributed by atoms with Crippen molar-refractivity contribution < 1.29 is 4.79 Å². The van der Waals surface area contributed by atoms with E-state index in [2.05, 4.69) is 10.4 Å². The molecule has 0 aliphatic rings. The number of carbonyl (C=O) groups excluding carboxylic acids is 1. The van der Waals surface area contributed by atoms with Crippen molar-refractivity contribution in [2.24, 2.45) is 0 Å². The second-order valence-corrected chi connectivity index (χ2v) is 6.19. The van der Waals surface area contributed by atoms with Crippen LogP contribution >= 0.6 is 0 Å². The molecule has 0 fully saturated rings. The highest BCUT2D eigenvalue weighted by atomic mass is 16.1. The number of rotatable bonds is 4. The molecule has 0 atom stereocenters. The van der Waals surface area contributed by atoms with Gasteiger partial charge in [0.2, 0.25) is 0 Å². The molecule has 0 saturated heterocycles. The topological polar surface area (TPSA) is 50.2 Å². The molecule has 5 heteroatoms. The normalized spacial score (nSPS) is 10.6. The van der Waals surface area contributed by atoms with Gasteiger partial charge < -0.3 is 10.2 Å². The van der Waals surface area contributed by atoms with Crippen LogP contribution in [0.5, 0.6) is 0 Å². The van der Waals surface area contributed by atoms with Crippen LogP contribution in [0.15, 0.2) is 54.6 Å². The second kappa shape index (κ2) is 6.81. The molecule has 0 bridgehead atoms. The van der Waals surface area contributed by atoms with Crippen molar-refractivity contribution in [2.45, 2.75) is 13.8 Å². The molecule has 5 nitrogen and oxygen atoms in total. The van der Waals surface area contributed by atoms with Gasteiger partial charge in [0.15, 0.2) is 0 Å². The molecule has 128 valence electrons. The fourth-order valence-electron chi connectivity index (χ4n) is 2.83. The van der Waals surface area contributed by atoms with Crippen LogP contribution in [0, 0.1) is 13.8 Å². The maximum Gasteiger partial charge on any atom is 0.259 e. The summed E-state index contributed by atoms with van der Waals surface area (Å²) in [5.74, 6) is -0.144. The number of hydrogen-bond acceptors (Lipinski definition) is 3. The zero-order valence-electron chi connectivity index (χ0n) is 14.9. The zero-order valence-corrected chi connectivity index (χ0v) is 14.9. The van der Waals surface area contributed by atoms with Crippen LogP contribution in [0.2, 0.25) is 0 Å². The maximum absolute atomic E-state index is 12.7. The Balaban J connectivity index is 1.86. The minimum atomic E-state index is -0.144. The fraction of sp³-hybridized carbons (Fsp3) is 0.200. The number of aryl methyl sites for hydroxylation is 1. The molecule has 0 unspecified atom stereocenters. The molecular weight excluding hydrogens is 312 g/mol. The Bertz CT molecular complexity index is 880. The number of nitrogens with zero attached hydrogens (tertiary/aromatic N) is 3. The molecule has 0 radical (unpaired) electrons. The number of amides is 1. The highest BCUT2D eigenvalue weighted by Gasteiger charge is 2.19. The van der Waals surface area contributed by atoms with Gasteiger partial charge in [0.25, 0.3) is 5.91 Å². The molecule has 3 aromatic rings. The third-order valence-corrected chi connectivity index (χ3v) is 4.16. The minimum Gasteiger partial charge on any atom is -0.378 e. The number of benzene rings is 2. The van der Waals surface area contributed by atoms with Gasteiger partial charge >= 0.3 is 0 Å². The first kappa shape index (κ1) is 16.8. The summed E-state index contributed by atoms with van der Waals surface area (Å²) in [6.07, 6.45) is 0. The number of aromatic nitrogens is 2. The maximum atomic E-state index is 12.7. The third kappa shape index (κ3) is 3.40. The average molecular weight is 334 g/mol. The summed E-state index contributed by atoms with van der Waals surface area (Å²) in [7, 11) is 3.97. The van der Waals surface area contributed by atoms with E-state index in [0.717, 1.165) is 22.8 Å². The highest BCUT2D eigenvalue weighted by molar-refractivity contribution is 6.06. The summed E-state index contributed by atoms with van der Waals surface area (Å²) in [5, 5.41) is 7.49. The van der Waals surface area contributed by atoms with E-state index in [9.17, 15) is 4.79 Å². The lowest BCUT2D eigenvalue weighted by Crippen LogP contribution is -2.14. The van der Waals surface area contributed by atoms with Crippen LogP contribution in [0.3, 0.4) is 0 Å². The number of carbonyl (C=O) groups is 1. The Hall–Kier alpha value is -3.08. The Kier molecular flexibility index (Phi) is 4.57. The molecule has 0 aliphatic heterocycles. The van der Waals surface area contributed by atoms with Crippen molar-refractivity contribution in [3.63, 3.8) is 0 Å². The van der Waals surface area contributed by atoms with E-state index in [1.54, 1.807) is 4.68 Å². The predicted octanol–water partition coefficient (Wildman–Crippen LogP) is 3.81. The van der Waals surface area contributed by atoms with Crippen molar-refractivity contribution >= 4 is 17.3 Å². The van der Waals surface area contributed by atoms with Gasteiger partial charge in [-0.3, -0.25) is 4.79 Å². The molecule has 3 rings (SSSR count). The van der Waals surface area contributed by atoms with Crippen molar-refractivity contribution in [2.75, 3.05) is 24.3 Å². The Morgan fingerprint density at radius 2 is 1.64 bits per heavy atom. The summed E-state index contributed by atoms with van der Waals surface area (Å²) >= 11 is 0. The summed E-state index contributed by atoms with van der Waals surface area (Å²) in [6, 6.07) is 17.6. The molecule has 1 amide bonds. The quantitative estimate of drug-likeness (QED) is 0.789. The smallest absolute Gasteiger partial charge is 0.259 e. The van der Waals surface area contributed by atoms with Gasteiger partial charge in [-0.05, 0) is 50.2 Å². The SMILES string of the molecule is Cc1nn(-c2ccccc2)c(C)c1C(=O)Nc1ccc(N(C)C)cc1. The van der Waals surface area contributed by atoms with Gasteiger partial charge in [-0.2, -0.15) is 5.10 Å². The van der Waals surface area contributed by atoms with Gasteiger partial charge in [0, 0.05) is 25.5 Å². The van der Waals surface area contributed by atoms with Gasteiger partial charge in [-0.15, -0.1) is 0 Å². The standard InChI is InChI=1S/C20H22N4O/c1-14-19(15(2)24(22-14)18-8-6-5-7-9-18)20(25)21-16-10-12-17(13-11-16)23(3)4/h5-13H,1-4H3,(H,21,25). The molecule has 25 heavy (non-hydrogen) atoms. The first-order chi connectivity index (χ1) is 12.0. The van der Waals surface area contributed by atoms with Crippen LogP contribution in [-0.2, 0) is 0 Å². The first-order valence-corrected chi connectivity index (χ1v) is 8.18. The van der Waals surface area contributed by atoms with Crippen LogP contribution in [0.25, 0.3) is 5.69 Å². The molecule has 2 aromatic carbocycles. The Morgan fingerprint density at radius 3 is 2.24 bits per heavy atom. The Morgan fingerprint density at radius 1 is 1.00 bits per heavy atom. The number of hydrogen-bond donors (Lipinski definition) is 1. The number of anilines is 2. The lowest BCUT2D eigenvalue weighted by Gasteiger charge is -2.13. The second-order valence-electron chi connectivity index (χ2n) is 6.19. The minimum absolute atomic E-state index is 0.144. The third-order valence-electron chi connectivity index (χ3n) is 4.16. The van der Waals surface area contributed by atoms with Crippen molar-refractivity contribution in [1.29, 1.82) is 0 Å². The molecule has 0 spiro atoms. The van der Waals surface area contributed by atoms with E-state index in [4.69, 9.17) is 0 Å². The van der Waals surface area contributed by atoms with E-state index >= 15 is 0 Å². The first-order valence-electron chi connectivity index (χ1n) is 8.18. The van der Waals surface area contributed by atoms with E-state index in [1.165, 1.54) is 0 Å². The van der Waals surface area contributed by atoms with Crippen molar-refractivity contribution in [1.82, 2.24) is 9.78 Å². The van der Waals surface area contributed by atoms with E-state index in [1.807, 2.05) is 87.4 Å². The van der Waals surface area contributed by atoms with Crippen LogP contribution < -0.4 is 10.2 Å². The fourth-order valence-corrected chi connectivity index (χ4v) is 2.83. The lowest BCUT2D eigenvalue weighted by molar-refractivity contribution is 0.102. The van der Waals surface area contributed by atoms with E-state index in [0.29, 0.717) is 11.3 Å². The van der Waals surface area contributed by atoms with Crippen LogP contribution in [0.4, 0.5) is 11.4 Å². The summed E-state index contributed by atoms with van der Waals surface area (Å²) in [4.78, 5) is 14.8.